The van der Waals surface area contributed by atoms with E-state index in [-0.39, 0.29) is 6.61 Å². The van der Waals surface area contributed by atoms with Crippen LogP contribution in [0.5, 0.6) is 0 Å². The van der Waals surface area contributed by atoms with E-state index < -0.39 is 0 Å². The van der Waals surface area contributed by atoms with E-state index in [0.717, 1.165) is 9.88 Å². The number of aliphatic hydroxyl groups excluding tert-OH is 1. The zero-order valence-corrected chi connectivity index (χ0v) is 10.9. The first-order valence-electron chi connectivity index (χ1n) is 5.89. The summed E-state index contributed by atoms with van der Waals surface area (Å²) in [6.07, 6.45) is 4.66. The van der Waals surface area contributed by atoms with Crippen molar-refractivity contribution in [2.24, 2.45) is 7.05 Å². The second-order valence-electron chi connectivity index (χ2n) is 4.28. The first-order chi connectivity index (χ1) is 8.79. The quantitative estimate of drug-likeness (QED) is 0.784. The highest BCUT2D eigenvalue weighted by molar-refractivity contribution is 7.15. The van der Waals surface area contributed by atoms with Gasteiger partial charge in [0.1, 0.15) is 5.01 Å². The van der Waals surface area contributed by atoms with Gasteiger partial charge in [-0.05, 0) is 6.07 Å². The van der Waals surface area contributed by atoms with E-state index in [1.165, 1.54) is 16.5 Å². The molecule has 1 aromatic carbocycles. The Morgan fingerprint density at radius 2 is 2.17 bits per heavy atom. The van der Waals surface area contributed by atoms with Gasteiger partial charge in [0.2, 0.25) is 0 Å². The van der Waals surface area contributed by atoms with E-state index in [1.54, 1.807) is 11.3 Å². The van der Waals surface area contributed by atoms with E-state index in [4.69, 9.17) is 5.11 Å². The predicted octanol–water partition coefficient (Wildman–Crippen LogP) is 2.84. The summed E-state index contributed by atoms with van der Waals surface area (Å²) >= 11 is 1.65. The molecule has 0 aliphatic carbocycles. The first kappa shape index (κ1) is 11.4. The van der Waals surface area contributed by atoms with Gasteiger partial charge in [-0.3, -0.25) is 0 Å². The number of aryl methyl sites for hydroxylation is 1. The monoisotopic (exact) mass is 258 g/mol. The van der Waals surface area contributed by atoms with Crippen LogP contribution in [-0.4, -0.2) is 21.3 Å². The topological polar surface area (TPSA) is 38.0 Å². The fourth-order valence-electron chi connectivity index (χ4n) is 2.17. The van der Waals surface area contributed by atoms with Crippen molar-refractivity contribution < 1.29 is 5.11 Å². The zero-order chi connectivity index (χ0) is 12.5. The van der Waals surface area contributed by atoms with Crippen LogP contribution in [0.3, 0.4) is 0 Å². The van der Waals surface area contributed by atoms with Crippen LogP contribution in [0.4, 0.5) is 0 Å². The van der Waals surface area contributed by atoms with Crippen molar-refractivity contribution in [3.05, 3.63) is 41.5 Å². The molecule has 2 heterocycles. The maximum absolute atomic E-state index is 8.95. The maximum atomic E-state index is 8.95. The number of hydrogen-bond donors (Lipinski definition) is 1. The van der Waals surface area contributed by atoms with Crippen LogP contribution in [0.15, 0.2) is 36.7 Å². The normalized spacial score (nSPS) is 11.2. The Morgan fingerprint density at radius 1 is 1.33 bits per heavy atom. The summed E-state index contributed by atoms with van der Waals surface area (Å²) in [5, 5.41) is 11.2. The third kappa shape index (κ3) is 1.83. The summed E-state index contributed by atoms with van der Waals surface area (Å²) in [4.78, 5) is 5.59. The van der Waals surface area contributed by atoms with Gasteiger partial charge in [-0.15, -0.1) is 11.3 Å². The molecule has 0 spiro atoms. The summed E-state index contributed by atoms with van der Waals surface area (Å²) in [6, 6.07) is 8.33. The lowest BCUT2D eigenvalue weighted by Gasteiger charge is -1.93. The molecule has 0 unspecified atom stereocenters. The first-order valence-corrected chi connectivity index (χ1v) is 6.71. The highest BCUT2D eigenvalue weighted by Crippen LogP contribution is 2.32. The number of aromatic nitrogens is 2. The molecule has 1 N–H and O–H groups in total. The summed E-state index contributed by atoms with van der Waals surface area (Å²) in [7, 11) is 2.05. The molecular weight excluding hydrogens is 244 g/mol. The van der Waals surface area contributed by atoms with Crippen molar-refractivity contribution in [3.8, 4) is 10.6 Å². The molecule has 2 aromatic heterocycles. The Bertz CT molecular complexity index is 684. The Morgan fingerprint density at radius 3 is 3.00 bits per heavy atom. The van der Waals surface area contributed by atoms with Crippen molar-refractivity contribution in [2.45, 2.75) is 6.42 Å². The summed E-state index contributed by atoms with van der Waals surface area (Å²) in [6.45, 7) is 0.178. The Hall–Kier alpha value is -1.65. The minimum absolute atomic E-state index is 0.178. The van der Waals surface area contributed by atoms with Crippen molar-refractivity contribution in [1.29, 1.82) is 0 Å². The third-order valence-corrected chi connectivity index (χ3v) is 4.13. The number of fused-ring (bicyclic) bond motifs is 1. The lowest BCUT2D eigenvalue weighted by molar-refractivity contribution is 0.300. The van der Waals surface area contributed by atoms with Gasteiger partial charge >= 0.3 is 0 Å². The van der Waals surface area contributed by atoms with Gasteiger partial charge < -0.3 is 9.67 Å². The van der Waals surface area contributed by atoms with Crippen LogP contribution in [0.1, 0.15) is 4.88 Å². The van der Waals surface area contributed by atoms with E-state index >= 15 is 0 Å². The van der Waals surface area contributed by atoms with Gasteiger partial charge in [-0.1, -0.05) is 18.2 Å². The Labute approximate surface area is 109 Å². The molecule has 4 heteroatoms. The number of aliphatic hydroxyl groups is 1. The molecule has 0 saturated carbocycles. The maximum Gasteiger partial charge on any atom is 0.125 e. The SMILES string of the molecule is Cn1cc(-c2ncc(CCO)s2)c2ccccc21. The molecule has 3 rings (SSSR count). The van der Waals surface area contributed by atoms with Crippen LogP contribution < -0.4 is 0 Å². The van der Waals surface area contributed by atoms with E-state index in [0.29, 0.717) is 6.42 Å². The average Bonchev–Trinajstić information content (AvgIpc) is 2.96. The second-order valence-corrected chi connectivity index (χ2v) is 5.39. The highest BCUT2D eigenvalue weighted by atomic mass is 32.1. The highest BCUT2D eigenvalue weighted by Gasteiger charge is 2.11. The molecule has 0 saturated heterocycles. The van der Waals surface area contributed by atoms with Crippen molar-refractivity contribution in [3.63, 3.8) is 0 Å². The van der Waals surface area contributed by atoms with Crippen molar-refractivity contribution in [1.82, 2.24) is 9.55 Å². The van der Waals surface area contributed by atoms with Gasteiger partial charge in [0.25, 0.3) is 0 Å². The lowest BCUT2D eigenvalue weighted by atomic mass is 10.2. The van der Waals surface area contributed by atoms with E-state index in [9.17, 15) is 0 Å². The van der Waals surface area contributed by atoms with E-state index in [1.807, 2.05) is 25.4 Å². The number of hydrogen-bond acceptors (Lipinski definition) is 3. The molecule has 92 valence electrons. The second kappa shape index (κ2) is 4.55. The van der Waals surface area contributed by atoms with Gasteiger partial charge in [0.05, 0.1) is 0 Å². The van der Waals surface area contributed by atoms with Gasteiger partial charge in [-0.2, -0.15) is 0 Å². The molecule has 0 aliphatic rings. The molecule has 0 atom stereocenters. The molecule has 18 heavy (non-hydrogen) atoms. The zero-order valence-electron chi connectivity index (χ0n) is 10.1. The fraction of sp³-hybridized carbons (Fsp3) is 0.214. The van der Waals surface area contributed by atoms with Crippen molar-refractivity contribution >= 4 is 22.2 Å². The molecule has 0 aliphatic heterocycles. The number of para-hydroxylation sites is 1. The van der Waals surface area contributed by atoms with Crippen LogP contribution in [0.25, 0.3) is 21.5 Å². The minimum Gasteiger partial charge on any atom is -0.396 e. The molecule has 0 bridgehead atoms. The van der Waals surface area contributed by atoms with Crippen LogP contribution in [0, 0.1) is 0 Å². The fourth-order valence-corrected chi connectivity index (χ4v) is 3.10. The molecule has 3 nitrogen and oxygen atoms in total. The number of rotatable bonds is 3. The molecule has 0 fully saturated rings. The lowest BCUT2D eigenvalue weighted by Crippen LogP contribution is -1.84. The van der Waals surface area contributed by atoms with Crippen LogP contribution in [-0.2, 0) is 13.5 Å². The molecular formula is C14H14N2OS. The van der Waals surface area contributed by atoms with Gasteiger partial charge in [0.15, 0.2) is 0 Å². The van der Waals surface area contributed by atoms with Crippen LogP contribution >= 0.6 is 11.3 Å². The van der Waals surface area contributed by atoms with Gasteiger partial charge in [-0.25, -0.2) is 4.98 Å². The molecule has 3 aromatic rings. The smallest absolute Gasteiger partial charge is 0.125 e. The summed E-state index contributed by atoms with van der Waals surface area (Å²) in [5.41, 5.74) is 2.38. The van der Waals surface area contributed by atoms with E-state index in [2.05, 4.69) is 27.9 Å². The van der Waals surface area contributed by atoms with Gasteiger partial charge in [0, 0.05) is 53.8 Å². The Kier molecular flexibility index (Phi) is 2.89. The number of benzene rings is 1. The molecule has 0 radical (unpaired) electrons. The standard InChI is InChI=1S/C14H14N2OS/c1-16-9-12(11-4-2-3-5-13(11)16)14-15-8-10(18-14)6-7-17/h2-5,8-9,17H,6-7H2,1H3. The molecule has 0 amide bonds. The van der Waals surface area contributed by atoms with Crippen LogP contribution in [0.2, 0.25) is 0 Å². The number of thiazole rings is 1. The predicted molar refractivity (Wildman–Crippen MR) is 74.8 cm³/mol. The largest absolute Gasteiger partial charge is 0.396 e. The minimum atomic E-state index is 0.178. The summed E-state index contributed by atoms with van der Waals surface area (Å²) in [5.74, 6) is 0. The summed E-state index contributed by atoms with van der Waals surface area (Å²) < 4.78 is 2.12. The Balaban J connectivity index is 2.13. The third-order valence-electron chi connectivity index (χ3n) is 3.04. The number of nitrogens with zero attached hydrogens (tertiary/aromatic N) is 2. The van der Waals surface area contributed by atoms with Crippen molar-refractivity contribution in [2.75, 3.05) is 6.61 Å². The average molecular weight is 258 g/mol.